The minimum Gasteiger partial charge on any atom is -0.497 e. The fourth-order valence-corrected chi connectivity index (χ4v) is 4.40. The molecule has 0 spiro atoms. The third kappa shape index (κ3) is 6.98. The molecule has 0 aromatic heterocycles. The number of carbonyl (C=O) groups excluding carboxylic acids is 2. The number of anilines is 2. The summed E-state index contributed by atoms with van der Waals surface area (Å²) < 4.78 is 36.5. The van der Waals surface area contributed by atoms with E-state index in [9.17, 15) is 18.0 Å². The zero-order chi connectivity index (χ0) is 26.1. The fraction of sp³-hybridized carbons (Fsp3) is 0.231. The van der Waals surface area contributed by atoms with Gasteiger partial charge in [-0.3, -0.25) is 13.9 Å². The van der Waals surface area contributed by atoms with E-state index in [-0.39, 0.29) is 28.6 Å². The van der Waals surface area contributed by atoms with Gasteiger partial charge in [-0.15, -0.1) is 0 Å². The summed E-state index contributed by atoms with van der Waals surface area (Å²) in [5.41, 5.74) is 1.82. The molecule has 3 aromatic carbocycles. The van der Waals surface area contributed by atoms with Crippen molar-refractivity contribution in [3.05, 3.63) is 83.9 Å². The maximum absolute atomic E-state index is 12.9. The summed E-state index contributed by atoms with van der Waals surface area (Å²) in [4.78, 5) is 25.7. The van der Waals surface area contributed by atoms with Gasteiger partial charge in [-0.1, -0.05) is 42.5 Å². The monoisotopic (exact) mass is 511 g/mol. The quantitative estimate of drug-likeness (QED) is 0.409. The molecule has 0 heterocycles. The third-order valence-corrected chi connectivity index (χ3v) is 6.46. The van der Waals surface area contributed by atoms with E-state index in [2.05, 4.69) is 10.6 Å². The van der Waals surface area contributed by atoms with Gasteiger partial charge < -0.3 is 20.1 Å². The Morgan fingerprint density at radius 3 is 2.28 bits per heavy atom. The van der Waals surface area contributed by atoms with Crippen molar-refractivity contribution in [3.63, 3.8) is 0 Å². The Balaban J connectivity index is 1.74. The lowest BCUT2D eigenvalue weighted by molar-refractivity contribution is -0.114. The summed E-state index contributed by atoms with van der Waals surface area (Å²) in [7, 11) is -0.978. The van der Waals surface area contributed by atoms with Crippen molar-refractivity contribution in [3.8, 4) is 11.5 Å². The molecule has 0 bridgehead atoms. The van der Waals surface area contributed by atoms with Crippen LogP contribution < -0.4 is 24.4 Å². The van der Waals surface area contributed by atoms with Gasteiger partial charge in [0, 0.05) is 12.6 Å². The topological polar surface area (TPSA) is 114 Å². The van der Waals surface area contributed by atoms with Crippen molar-refractivity contribution < 1.29 is 27.5 Å². The second-order valence-electron chi connectivity index (χ2n) is 7.89. The van der Waals surface area contributed by atoms with Gasteiger partial charge >= 0.3 is 0 Å². The Morgan fingerprint density at radius 2 is 1.61 bits per heavy atom. The molecular formula is C26H29N3O6S. The van der Waals surface area contributed by atoms with Crippen LogP contribution in [-0.4, -0.2) is 53.8 Å². The zero-order valence-electron chi connectivity index (χ0n) is 20.4. The van der Waals surface area contributed by atoms with Crippen molar-refractivity contribution in [2.75, 3.05) is 43.2 Å². The van der Waals surface area contributed by atoms with Crippen LogP contribution in [0.4, 0.5) is 11.4 Å². The highest BCUT2D eigenvalue weighted by Crippen LogP contribution is 2.33. The first-order valence-electron chi connectivity index (χ1n) is 11.1. The lowest BCUT2D eigenvalue weighted by atomic mass is 10.1. The highest BCUT2D eigenvalue weighted by Gasteiger charge is 2.25. The number of amides is 2. The maximum atomic E-state index is 12.9. The summed E-state index contributed by atoms with van der Waals surface area (Å²) in [6.07, 6.45) is 1.66. The van der Waals surface area contributed by atoms with Gasteiger partial charge in [0.2, 0.25) is 15.9 Å². The molecule has 0 saturated carbocycles. The fourth-order valence-electron chi connectivity index (χ4n) is 3.54. The predicted molar refractivity (Wildman–Crippen MR) is 139 cm³/mol. The molecule has 36 heavy (non-hydrogen) atoms. The van der Waals surface area contributed by atoms with Gasteiger partial charge in [0.1, 0.15) is 18.0 Å². The number of methoxy groups -OCH3 is 2. The number of ether oxygens (including phenoxy) is 2. The van der Waals surface area contributed by atoms with E-state index in [1.54, 1.807) is 30.3 Å². The highest BCUT2D eigenvalue weighted by molar-refractivity contribution is 7.92. The Kier molecular flexibility index (Phi) is 8.91. The molecule has 0 aliphatic heterocycles. The molecule has 3 aromatic rings. The minimum atomic E-state index is -3.85. The molecular weight excluding hydrogens is 482 g/mol. The smallest absolute Gasteiger partial charge is 0.253 e. The summed E-state index contributed by atoms with van der Waals surface area (Å²) in [6, 6.07) is 20.9. The molecule has 2 N–H and O–H groups in total. The van der Waals surface area contributed by atoms with Gasteiger partial charge in [-0.25, -0.2) is 8.42 Å². The number of rotatable bonds is 11. The normalized spacial score (nSPS) is 10.9. The van der Waals surface area contributed by atoms with Gasteiger partial charge in [-0.2, -0.15) is 0 Å². The standard InChI is InChI=1S/C26H29N3O6S/c1-34-20-13-14-23(24(17-20)35-2)29(36(3,32)33)18-25(30)28-22-12-8-7-11-21(22)26(31)27-16-15-19-9-5-4-6-10-19/h4-14,17H,15-16,18H2,1-3H3,(H,27,31)(H,28,30). The third-order valence-electron chi connectivity index (χ3n) is 5.33. The van der Waals surface area contributed by atoms with Crippen LogP contribution in [0.1, 0.15) is 15.9 Å². The van der Waals surface area contributed by atoms with E-state index < -0.39 is 22.5 Å². The first-order chi connectivity index (χ1) is 17.2. The van der Waals surface area contributed by atoms with E-state index in [0.29, 0.717) is 18.7 Å². The number of para-hydroxylation sites is 1. The van der Waals surface area contributed by atoms with Crippen LogP contribution in [0.2, 0.25) is 0 Å². The van der Waals surface area contributed by atoms with Crippen LogP contribution in [0, 0.1) is 0 Å². The summed E-state index contributed by atoms with van der Waals surface area (Å²) in [5.74, 6) is -0.270. The molecule has 10 heteroatoms. The van der Waals surface area contributed by atoms with Crippen molar-refractivity contribution >= 4 is 33.2 Å². The van der Waals surface area contributed by atoms with Crippen LogP contribution >= 0.6 is 0 Å². The van der Waals surface area contributed by atoms with E-state index in [1.165, 1.54) is 26.4 Å². The number of nitrogens with one attached hydrogen (secondary N) is 2. The molecule has 3 rings (SSSR count). The molecule has 0 fully saturated rings. The average Bonchev–Trinajstić information content (AvgIpc) is 2.87. The van der Waals surface area contributed by atoms with Gasteiger partial charge in [0.05, 0.1) is 37.4 Å². The van der Waals surface area contributed by atoms with E-state index in [1.807, 2.05) is 30.3 Å². The highest BCUT2D eigenvalue weighted by atomic mass is 32.2. The minimum absolute atomic E-state index is 0.183. The van der Waals surface area contributed by atoms with Crippen LogP contribution in [0.3, 0.4) is 0 Å². The predicted octanol–water partition coefficient (Wildman–Crippen LogP) is 3.08. The Labute approximate surface area is 211 Å². The number of hydrogen-bond donors (Lipinski definition) is 2. The lowest BCUT2D eigenvalue weighted by Gasteiger charge is -2.24. The number of benzene rings is 3. The van der Waals surface area contributed by atoms with Crippen LogP contribution in [0.25, 0.3) is 0 Å². The molecule has 0 radical (unpaired) electrons. The van der Waals surface area contributed by atoms with E-state index >= 15 is 0 Å². The molecule has 0 atom stereocenters. The van der Waals surface area contributed by atoms with Crippen molar-refractivity contribution in [2.45, 2.75) is 6.42 Å². The first-order valence-corrected chi connectivity index (χ1v) is 13.0. The Bertz CT molecular complexity index is 1310. The molecule has 0 aliphatic rings. The average molecular weight is 512 g/mol. The summed E-state index contributed by atoms with van der Waals surface area (Å²) in [6.45, 7) is -0.101. The number of hydrogen-bond acceptors (Lipinski definition) is 6. The van der Waals surface area contributed by atoms with Crippen molar-refractivity contribution in [2.24, 2.45) is 0 Å². The van der Waals surface area contributed by atoms with Crippen LogP contribution in [-0.2, 0) is 21.2 Å². The Hall–Kier alpha value is -4.05. The second kappa shape index (κ2) is 12.1. The van der Waals surface area contributed by atoms with E-state index in [4.69, 9.17) is 9.47 Å². The molecule has 9 nitrogen and oxygen atoms in total. The summed E-state index contributed by atoms with van der Waals surface area (Å²) >= 11 is 0. The Morgan fingerprint density at radius 1 is 0.917 bits per heavy atom. The summed E-state index contributed by atoms with van der Waals surface area (Å²) in [5, 5.41) is 5.51. The largest absolute Gasteiger partial charge is 0.497 e. The van der Waals surface area contributed by atoms with Crippen molar-refractivity contribution in [1.82, 2.24) is 5.32 Å². The molecule has 190 valence electrons. The number of nitrogens with zero attached hydrogens (tertiary/aromatic N) is 1. The van der Waals surface area contributed by atoms with Gasteiger partial charge in [0.25, 0.3) is 5.91 Å². The maximum Gasteiger partial charge on any atom is 0.253 e. The SMILES string of the molecule is COc1ccc(N(CC(=O)Nc2ccccc2C(=O)NCCc2ccccc2)S(C)(=O)=O)c(OC)c1. The molecule has 0 unspecified atom stereocenters. The zero-order valence-corrected chi connectivity index (χ0v) is 21.2. The molecule has 0 saturated heterocycles. The van der Waals surface area contributed by atoms with Crippen molar-refractivity contribution in [1.29, 1.82) is 0 Å². The van der Waals surface area contributed by atoms with Gasteiger partial charge in [0.15, 0.2) is 0 Å². The lowest BCUT2D eigenvalue weighted by Crippen LogP contribution is -2.38. The number of carbonyl (C=O) groups is 2. The van der Waals surface area contributed by atoms with Gasteiger partial charge in [-0.05, 0) is 36.2 Å². The second-order valence-corrected chi connectivity index (χ2v) is 9.80. The van der Waals surface area contributed by atoms with Crippen LogP contribution in [0.5, 0.6) is 11.5 Å². The molecule has 0 aliphatic carbocycles. The van der Waals surface area contributed by atoms with E-state index in [0.717, 1.165) is 16.1 Å². The molecule has 2 amide bonds. The first kappa shape index (κ1) is 26.6. The van der Waals surface area contributed by atoms with Crippen LogP contribution in [0.15, 0.2) is 72.8 Å². The number of sulfonamides is 1.